The number of ether oxygens (including phenoxy) is 1. The van der Waals surface area contributed by atoms with Crippen LogP contribution < -0.4 is 15.8 Å². The number of nitrogens with one attached hydrogen (secondary N) is 1. The van der Waals surface area contributed by atoms with E-state index in [2.05, 4.69) is 10.3 Å². The first-order valence-electron chi connectivity index (χ1n) is 6.38. The zero-order valence-electron chi connectivity index (χ0n) is 11.6. The van der Waals surface area contributed by atoms with Gasteiger partial charge in [0.05, 0.1) is 17.8 Å². The van der Waals surface area contributed by atoms with Gasteiger partial charge in [0, 0.05) is 17.3 Å². The number of fused-ring (bicyclic) bond motifs is 1. The molecule has 7 heteroatoms. The Labute approximate surface area is 135 Å². The van der Waals surface area contributed by atoms with Crippen LogP contribution in [0, 0.1) is 0 Å². The molecule has 5 nitrogen and oxygen atoms in total. The second-order valence-corrected chi connectivity index (χ2v) is 5.91. The topological polar surface area (TPSA) is 77.2 Å². The van der Waals surface area contributed by atoms with Gasteiger partial charge < -0.3 is 15.8 Å². The van der Waals surface area contributed by atoms with Gasteiger partial charge in [0.1, 0.15) is 15.5 Å². The van der Waals surface area contributed by atoms with Gasteiger partial charge in [0.2, 0.25) is 0 Å². The zero-order chi connectivity index (χ0) is 15.7. The van der Waals surface area contributed by atoms with E-state index in [-0.39, 0.29) is 5.91 Å². The number of benzene rings is 1. The van der Waals surface area contributed by atoms with Gasteiger partial charge in [-0.2, -0.15) is 0 Å². The van der Waals surface area contributed by atoms with Crippen molar-refractivity contribution in [2.75, 3.05) is 18.2 Å². The summed E-state index contributed by atoms with van der Waals surface area (Å²) in [5, 5.41) is 3.98. The summed E-state index contributed by atoms with van der Waals surface area (Å²) in [6.45, 7) is 0. The van der Waals surface area contributed by atoms with Crippen molar-refractivity contribution in [2.45, 2.75) is 0 Å². The molecule has 0 saturated heterocycles. The van der Waals surface area contributed by atoms with Crippen LogP contribution in [0.5, 0.6) is 5.75 Å². The van der Waals surface area contributed by atoms with E-state index in [1.165, 1.54) is 18.4 Å². The minimum atomic E-state index is -0.290. The number of amides is 1. The highest BCUT2D eigenvalue weighted by Crippen LogP contribution is 2.33. The summed E-state index contributed by atoms with van der Waals surface area (Å²) >= 11 is 7.30. The highest BCUT2D eigenvalue weighted by Gasteiger charge is 2.17. The molecule has 0 fully saturated rings. The maximum absolute atomic E-state index is 12.4. The minimum absolute atomic E-state index is 0.290. The number of carbonyl (C=O) groups is 1. The van der Waals surface area contributed by atoms with E-state index in [1.807, 2.05) is 6.07 Å². The summed E-state index contributed by atoms with van der Waals surface area (Å²) in [5.74, 6) is 0.256. The van der Waals surface area contributed by atoms with Crippen LogP contribution in [0.1, 0.15) is 9.67 Å². The number of thiophene rings is 1. The van der Waals surface area contributed by atoms with Crippen molar-refractivity contribution >= 4 is 50.4 Å². The molecule has 0 radical (unpaired) electrons. The Morgan fingerprint density at radius 1 is 1.41 bits per heavy atom. The molecule has 22 heavy (non-hydrogen) atoms. The van der Waals surface area contributed by atoms with E-state index < -0.39 is 0 Å². The number of hydrogen-bond acceptors (Lipinski definition) is 5. The molecule has 3 N–H and O–H groups in total. The molecule has 0 atom stereocenters. The van der Waals surface area contributed by atoms with Crippen LogP contribution in [0.25, 0.3) is 10.2 Å². The lowest BCUT2D eigenvalue weighted by Gasteiger charge is -2.07. The maximum atomic E-state index is 12.4. The summed E-state index contributed by atoms with van der Waals surface area (Å²) in [6.07, 6.45) is 1.67. The molecule has 0 spiro atoms. The van der Waals surface area contributed by atoms with Crippen LogP contribution in [-0.2, 0) is 0 Å². The van der Waals surface area contributed by atoms with E-state index in [4.69, 9.17) is 22.1 Å². The Bertz CT molecular complexity index is 863. The summed E-state index contributed by atoms with van der Waals surface area (Å²) in [5.41, 5.74) is 7.04. The fraction of sp³-hybridized carbons (Fsp3) is 0.0667. The second-order valence-electron chi connectivity index (χ2n) is 4.50. The van der Waals surface area contributed by atoms with Crippen molar-refractivity contribution in [3.05, 3.63) is 46.4 Å². The van der Waals surface area contributed by atoms with Crippen LogP contribution in [0.4, 0.5) is 11.4 Å². The SMILES string of the molecule is COc1ccc(NC(=O)c2sc3ncccc3c2N)cc1Cl. The van der Waals surface area contributed by atoms with E-state index >= 15 is 0 Å². The Morgan fingerprint density at radius 2 is 2.23 bits per heavy atom. The number of anilines is 2. The van der Waals surface area contributed by atoms with Gasteiger partial charge in [-0.05, 0) is 30.3 Å². The molecular weight excluding hydrogens is 322 g/mol. The predicted molar refractivity (Wildman–Crippen MR) is 90.0 cm³/mol. The van der Waals surface area contributed by atoms with E-state index in [9.17, 15) is 4.79 Å². The highest BCUT2D eigenvalue weighted by molar-refractivity contribution is 7.21. The first kappa shape index (κ1) is 14.6. The zero-order valence-corrected chi connectivity index (χ0v) is 13.2. The third kappa shape index (κ3) is 2.58. The standard InChI is InChI=1S/C15H12ClN3O2S/c1-21-11-5-4-8(7-10(11)16)19-14(20)13-12(17)9-3-2-6-18-15(9)22-13/h2-7H,17H2,1H3,(H,19,20). The third-order valence-electron chi connectivity index (χ3n) is 3.12. The maximum Gasteiger partial charge on any atom is 0.267 e. The number of hydrogen-bond donors (Lipinski definition) is 2. The Balaban J connectivity index is 1.90. The molecule has 0 aliphatic carbocycles. The number of nitrogens with zero attached hydrogens (tertiary/aromatic N) is 1. The Hall–Kier alpha value is -2.31. The lowest BCUT2D eigenvalue weighted by atomic mass is 10.2. The van der Waals surface area contributed by atoms with Crippen molar-refractivity contribution in [3.63, 3.8) is 0 Å². The van der Waals surface area contributed by atoms with Gasteiger partial charge >= 0.3 is 0 Å². The summed E-state index contributed by atoms with van der Waals surface area (Å²) in [6, 6.07) is 8.66. The van der Waals surface area contributed by atoms with Gasteiger partial charge in [-0.15, -0.1) is 11.3 Å². The molecule has 3 rings (SSSR count). The monoisotopic (exact) mass is 333 g/mol. The van der Waals surface area contributed by atoms with Crippen molar-refractivity contribution < 1.29 is 9.53 Å². The van der Waals surface area contributed by atoms with Crippen molar-refractivity contribution in [2.24, 2.45) is 0 Å². The van der Waals surface area contributed by atoms with Crippen molar-refractivity contribution in [3.8, 4) is 5.75 Å². The van der Waals surface area contributed by atoms with Gasteiger partial charge in [-0.1, -0.05) is 11.6 Å². The Morgan fingerprint density at radius 3 is 2.91 bits per heavy atom. The lowest BCUT2D eigenvalue weighted by Crippen LogP contribution is -2.11. The van der Waals surface area contributed by atoms with E-state index in [0.29, 0.717) is 27.0 Å². The average molecular weight is 334 g/mol. The number of halogens is 1. The summed E-state index contributed by atoms with van der Waals surface area (Å²) in [7, 11) is 1.53. The van der Waals surface area contributed by atoms with Gasteiger partial charge in [0.15, 0.2) is 0 Å². The number of pyridine rings is 1. The minimum Gasteiger partial charge on any atom is -0.495 e. The molecule has 3 aromatic rings. The van der Waals surface area contributed by atoms with Gasteiger partial charge in [-0.25, -0.2) is 4.98 Å². The lowest BCUT2D eigenvalue weighted by molar-refractivity contribution is 0.103. The highest BCUT2D eigenvalue weighted by atomic mass is 35.5. The summed E-state index contributed by atoms with van der Waals surface area (Å²) in [4.78, 5) is 17.8. The smallest absolute Gasteiger partial charge is 0.267 e. The molecule has 1 amide bonds. The van der Waals surface area contributed by atoms with Crippen LogP contribution in [-0.4, -0.2) is 18.0 Å². The molecule has 2 aromatic heterocycles. The van der Waals surface area contributed by atoms with Gasteiger partial charge in [-0.3, -0.25) is 4.79 Å². The quantitative estimate of drug-likeness (QED) is 0.764. The summed E-state index contributed by atoms with van der Waals surface area (Å²) < 4.78 is 5.08. The molecule has 1 aromatic carbocycles. The molecule has 0 saturated carbocycles. The molecule has 0 aliphatic rings. The van der Waals surface area contributed by atoms with Gasteiger partial charge in [0.25, 0.3) is 5.91 Å². The van der Waals surface area contributed by atoms with Crippen LogP contribution >= 0.6 is 22.9 Å². The number of carbonyl (C=O) groups excluding carboxylic acids is 1. The van der Waals surface area contributed by atoms with Crippen LogP contribution in [0.3, 0.4) is 0 Å². The first-order chi connectivity index (χ1) is 10.6. The Kier molecular flexibility index (Phi) is 3.87. The van der Waals surface area contributed by atoms with Crippen LogP contribution in [0.15, 0.2) is 36.5 Å². The molecule has 2 heterocycles. The predicted octanol–water partition coefficient (Wildman–Crippen LogP) is 3.79. The fourth-order valence-electron chi connectivity index (χ4n) is 2.05. The molecule has 112 valence electrons. The van der Waals surface area contributed by atoms with Crippen molar-refractivity contribution in [1.29, 1.82) is 0 Å². The largest absolute Gasteiger partial charge is 0.495 e. The van der Waals surface area contributed by atoms with Crippen molar-refractivity contribution in [1.82, 2.24) is 4.98 Å². The molecule has 0 unspecified atom stereocenters. The van der Waals surface area contributed by atoms with E-state index in [1.54, 1.807) is 30.5 Å². The number of aromatic nitrogens is 1. The molecule has 0 aliphatic heterocycles. The number of nitrogens with two attached hydrogens (primary N) is 1. The third-order valence-corrected chi connectivity index (χ3v) is 4.54. The molecular formula is C15H12ClN3O2S. The number of methoxy groups -OCH3 is 1. The van der Waals surface area contributed by atoms with E-state index in [0.717, 1.165) is 10.2 Å². The second kappa shape index (κ2) is 5.82. The molecule has 0 bridgehead atoms. The first-order valence-corrected chi connectivity index (χ1v) is 7.57. The van der Waals surface area contributed by atoms with Crippen LogP contribution in [0.2, 0.25) is 5.02 Å². The number of nitrogen functional groups attached to an aromatic ring is 1. The average Bonchev–Trinajstić information content (AvgIpc) is 2.85. The fourth-order valence-corrected chi connectivity index (χ4v) is 3.27. The normalized spacial score (nSPS) is 10.6. The number of rotatable bonds is 3.